The van der Waals surface area contributed by atoms with E-state index in [-0.39, 0.29) is 12.4 Å². The van der Waals surface area contributed by atoms with E-state index in [1.165, 1.54) is 0 Å². The highest BCUT2D eigenvalue weighted by atomic mass is 35.5. The summed E-state index contributed by atoms with van der Waals surface area (Å²) in [4.78, 5) is 30.9. The van der Waals surface area contributed by atoms with E-state index < -0.39 is 18.5 Å². The van der Waals surface area contributed by atoms with Crippen LogP contribution in [-0.2, 0) is 4.79 Å². The van der Waals surface area contributed by atoms with Gasteiger partial charge in [0.05, 0.1) is 11.8 Å². The number of halogens is 1. The van der Waals surface area contributed by atoms with Crippen molar-refractivity contribution in [1.29, 1.82) is 0 Å². The zero-order valence-electron chi connectivity index (χ0n) is 6.57. The van der Waals surface area contributed by atoms with Gasteiger partial charge in [-0.25, -0.2) is 4.79 Å². The minimum Gasteiger partial charge on any atom is -0.480 e. The van der Waals surface area contributed by atoms with Crippen LogP contribution in [0, 0.1) is 4.91 Å². The highest BCUT2D eigenvalue weighted by Gasteiger charge is 2.13. The number of nitroso groups, excluding NO2 is 1. The molecule has 0 aromatic carbocycles. The van der Waals surface area contributed by atoms with Crippen molar-refractivity contribution in [3.8, 4) is 0 Å². The maximum Gasteiger partial charge on any atom is 0.340 e. The average molecular weight is 210 g/mol. The molecular formula is C5H8ClN3O4. The third-order valence-corrected chi connectivity index (χ3v) is 1.19. The number of rotatable bonds is 5. The summed E-state index contributed by atoms with van der Waals surface area (Å²) in [7, 11) is 0. The second kappa shape index (κ2) is 6.18. The first-order valence-corrected chi connectivity index (χ1v) is 3.81. The summed E-state index contributed by atoms with van der Waals surface area (Å²) in [6.07, 6.45) is 0. The van der Waals surface area contributed by atoms with Gasteiger partial charge in [-0.05, 0) is 0 Å². The number of carboxylic acids is 1. The molecule has 8 heteroatoms. The van der Waals surface area contributed by atoms with Crippen LogP contribution in [0.15, 0.2) is 5.29 Å². The Balaban J connectivity index is 3.91. The summed E-state index contributed by atoms with van der Waals surface area (Å²) in [5.41, 5.74) is 0. The Labute approximate surface area is 78.6 Å². The van der Waals surface area contributed by atoms with Gasteiger partial charge in [0.2, 0.25) is 0 Å². The van der Waals surface area contributed by atoms with Gasteiger partial charge in [-0.15, -0.1) is 16.5 Å². The van der Waals surface area contributed by atoms with Crippen LogP contribution in [0.3, 0.4) is 0 Å². The molecule has 2 N–H and O–H groups in total. The zero-order chi connectivity index (χ0) is 10.3. The summed E-state index contributed by atoms with van der Waals surface area (Å²) in [6, 6.07) is -0.877. The summed E-state index contributed by atoms with van der Waals surface area (Å²) in [5.74, 6) is -1.16. The number of nitrogens with zero attached hydrogens (tertiary/aromatic N) is 2. The lowest BCUT2D eigenvalue weighted by molar-refractivity contribution is -0.135. The maximum absolute atomic E-state index is 10.9. The van der Waals surface area contributed by atoms with E-state index in [0.29, 0.717) is 5.01 Å². The maximum atomic E-state index is 10.9. The standard InChI is InChI=1S/C5H8ClN3O4/c6-1-2-9(8-13)5(12)7-3-4(10)11/h1-3H2,(H,7,12)(H,10,11). The molecule has 0 saturated heterocycles. The lowest BCUT2D eigenvalue weighted by Crippen LogP contribution is -2.39. The molecule has 0 fully saturated rings. The predicted molar refractivity (Wildman–Crippen MR) is 44.3 cm³/mol. The molecular weight excluding hydrogens is 202 g/mol. The van der Waals surface area contributed by atoms with Crippen LogP contribution in [0.25, 0.3) is 0 Å². The van der Waals surface area contributed by atoms with Crippen LogP contribution >= 0.6 is 11.6 Å². The monoisotopic (exact) mass is 209 g/mol. The number of carboxylic acid groups (broad SMARTS) is 1. The van der Waals surface area contributed by atoms with Crippen LogP contribution in [-0.4, -0.2) is 41.1 Å². The molecule has 0 aromatic heterocycles. The molecule has 7 nitrogen and oxygen atoms in total. The van der Waals surface area contributed by atoms with E-state index in [1.807, 2.05) is 5.32 Å². The molecule has 0 radical (unpaired) electrons. The highest BCUT2D eigenvalue weighted by molar-refractivity contribution is 6.18. The number of hydrogen-bond donors (Lipinski definition) is 2. The molecule has 0 bridgehead atoms. The van der Waals surface area contributed by atoms with Crippen molar-refractivity contribution in [3.63, 3.8) is 0 Å². The smallest absolute Gasteiger partial charge is 0.340 e. The summed E-state index contributed by atoms with van der Waals surface area (Å²) in [5, 5.41) is 13.0. The minimum atomic E-state index is -1.20. The SMILES string of the molecule is O=NN(CCCl)C(=O)NCC(=O)O. The second-order valence-corrected chi connectivity index (χ2v) is 2.32. The molecule has 0 heterocycles. The van der Waals surface area contributed by atoms with Gasteiger partial charge < -0.3 is 10.4 Å². The summed E-state index contributed by atoms with van der Waals surface area (Å²) >= 11 is 5.24. The highest BCUT2D eigenvalue weighted by Crippen LogP contribution is 1.91. The number of aliphatic carboxylic acids is 1. The van der Waals surface area contributed by atoms with Crippen molar-refractivity contribution in [3.05, 3.63) is 4.91 Å². The van der Waals surface area contributed by atoms with Crippen LogP contribution in [0.4, 0.5) is 4.79 Å². The normalized spacial score (nSPS) is 9.00. The Bertz CT molecular complexity index is 210. The molecule has 0 aliphatic heterocycles. The molecule has 0 rings (SSSR count). The number of hydrogen-bond acceptors (Lipinski definition) is 4. The summed E-state index contributed by atoms with van der Waals surface area (Å²) in [6.45, 7) is -0.621. The zero-order valence-corrected chi connectivity index (χ0v) is 7.32. The fourth-order valence-corrected chi connectivity index (χ4v) is 0.662. The van der Waals surface area contributed by atoms with Crippen molar-refractivity contribution >= 4 is 23.6 Å². The van der Waals surface area contributed by atoms with E-state index in [4.69, 9.17) is 16.7 Å². The first-order valence-electron chi connectivity index (χ1n) is 3.28. The van der Waals surface area contributed by atoms with Crippen LogP contribution in [0.5, 0.6) is 0 Å². The molecule has 0 aliphatic rings. The van der Waals surface area contributed by atoms with Gasteiger partial charge in [-0.1, -0.05) is 0 Å². The average Bonchev–Trinajstić information content (AvgIpc) is 2.10. The first kappa shape index (κ1) is 11.6. The van der Waals surface area contributed by atoms with Gasteiger partial charge in [-0.3, -0.25) is 4.79 Å². The molecule has 0 unspecified atom stereocenters. The van der Waals surface area contributed by atoms with Crippen molar-refractivity contribution in [1.82, 2.24) is 10.3 Å². The van der Waals surface area contributed by atoms with Crippen molar-refractivity contribution < 1.29 is 14.7 Å². The molecule has 13 heavy (non-hydrogen) atoms. The fraction of sp³-hybridized carbons (Fsp3) is 0.600. The third kappa shape index (κ3) is 4.96. The molecule has 2 amide bonds. The molecule has 0 saturated carbocycles. The number of nitrogens with one attached hydrogen (secondary N) is 1. The van der Waals surface area contributed by atoms with Gasteiger partial charge in [0.1, 0.15) is 6.54 Å². The number of alkyl halides is 1. The van der Waals surface area contributed by atoms with Gasteiger partial charge in [0.25, 0.3) is 0 Å². The van der Waals surface area contributed by atoms with Gasteiger partial charge in [-0.2, -0.15) is 5.01 Å². The van der Waals surface area contributed by atoms with Crippen molar-refractivity contribution in [2.24, 2.45) is 5.29 Å². The Morgan fingerprint density at radius 1 is 1.54 bits per heavy atom. The van der Waals surface area contributed by atoms with E-state index in [0.717, 1.165) is 0 Å². The molecule has 74 valence electrons. The molecule has 0 aromatic rings. The number of carbonyl (C=O) groups is 2. The predicted octanol–water partition coefficient (Wildman–Crippen LogP) is 0.00280. The van der Waals surface area contributed by atoms with Gasteiger partial charge in [0.15, 0.2) is 0 Å². The summed E-state index contributed by atoms with van der Waals surface area (Å²) < 4.78 is 0. The quantitative estimate of drug-likeness (QED) is 0.378. The third-order valence-electron chi connectivity index (χ3n) is 1.02. The van der Waals surface area contributed by atoms with E-state index in [2.05, 4.69) is 5.29 Å². The van der Waals surface area contributed by atoms with E-state index in [9.17, 15) is 14.5 Å². The number of carbonyl (C=O) groups excluding carboxylic acids is 1. The first-order chi connectivity index (χ1) is 6.11. The molecule has 0 spiro atoms. The fourth-order valence-electron chi connectivity index (χ4n) is 0.502. The van der Waals surface area contributed by atoms with Gasteiger partial charge >= 0.3 is 12.0 Å². The number of amides is 2. The van der Waals surface area contributed by atoms with Crippen molar-refractivity contribution in [2.75, 3.05) is 19.0 Å². The van der Waals surface area contributed by atoms with Crippen LogP contribution in [0.1, 0.15) is 0 Å². The van der Waals surface area contributed by atoms with Gasteiger partial charge in [0, 0.05) is 5.88 Å². The van der Waals surface area contributed by atoms with E-state index in [1.54, 1.807) is 0 Å². The molecule has 0 atom stereocenters. The minimum absolute atomic E-state index is 0.0478. The Morgan fingerprint density at radius 2 is 2.15 bits per heavy atom. The van der Waals surface area contributed by atoms with Crippen LogP contribution in [0.2, 0.25) is 0 Å². The Hall–Kier alpha value is -1.37. The second-order valence-electron chi connectivity index (χ2n) is 1.95. The largest absolute Gasteiger partial charge is 0.480 e. The lowest BCUT2D eigenvalue weighted by atomic mass is 10.6. The molecule has 0 aliphatic carbocycles. The van der Waals surface area contributed by atoms with Crippen molar-refractivity contribution in [2.45, 2.75) is 0 Å². The topological polar surface area (TPSA) is 99.1 Å². The Morgan fingerprint density at radius 3 is 2.54 bits per heavy atom. The van der Waals surface area contributed by atoms with E-state index >= 15 is 0 Å². The lowest BCUT2D eigenvalue weighted by Gasteiger charge is -2.11. The Kier molecular flexibility index (Phi) is 5.53. The van der Waals surface area contributed by atoms with Crippen LogP contribution < -0.4 is 5.32 Å². The number of urea groups is 1.